The number of nitrogens with zero attached hydrogens (tertiary/aromatic N) is 3. The number of pyridine rings is 1. The second-order valence-corrected chi connectivity index (χ2v) is 6.28. The molecule has 1 aliphatic heterocycles. The van der Waals surface area contributed by atoms with Gasteiger partial charge in [-0.2, -0.15) is 5.26 Å². The zero-order valence-electron chi connectivity index (χ0n) is 13.2. The van der Waals surface area contributed by atoms with Crippen LogP contribution in [-0.4, -0.2) is 40.8 Å². The van der Waals surface area contributed by atoms with Gasteiger partial charge in [0.25, 0.3) is 0 Å². The van der Waals surface area contributed by atoms with Crippen molar-refractivity contribution < 1.29 is 14.3 Å². The fraction of sp³-hybridized carbons (Fsp3) is 0.562. The van der Waals surface area contributed by atoms with Gasteiger partial charge < -0.3 is 14.4 Å². The summed E-state index contributed by atoms with van der Waals surface area (Å²) in [6, 6.07) is 5.32. The molecule has 0 atom stereocenters. The van der Waals surface area contributed by atoms with Crippen molar-refractivity contribution in [2.24, 2.45) is 0 Å². The van der Waals surface area contributed by atoms with Gasteiger partial charge >= 0.3 is 6.09 Å². The summed E-state index contributed by atoms with van der Waals surface area (Å²) in [6.45, 7) is 6.76. The number of ether oxygens (including phenoxy) is 2. The minimum Gasteiger partial charge on any atom is -0.474 e. The van der Waals surface area contributed by atoms with Gasteiger partial charge in [-0.05, 0) is 26.8 Å². The van der Waals surface area contributed by atoms with Gasteiger partial charge in [-0.15, -0.1) is 0 Å². The molecule has 1 saturated heterocycles. The van der Waals surface area contributed by atoms with E-state index in [1.54, 1.807) is 23.2 Å². The maximum Gasteiger partial charge on any atom is 0.410 e. The van der Waals surface area contributed by atoms with Crippen molar-refractivity contribution in [2.45, 2.75) is 45.3 Å². The highest BCUT2D eigenvalue weighted by atomic mass is 16.6. The van der Waals surface area contributed by atoms with Crippen molar-refractivity contribution >= 4 is 6.09 Å². The second kappa shape index (κ2) is 6.65. The number of hydrogen-bond acceptors (Lipinski definition) is 5. The van der Waals surface area contributed by atoms with E-state index in [-0.39, 0.29) is 12.2 Å². The topological polar surface area (TPSA) is 75.4 Å². The Morgan fingerprint density at radius 2 is 2.09 bits per heavy atom. The van der Waals surface area contributed by atoms with Gasteiger partial charge in [-0.3, -0.25) is 0 Å². The predicted molar refractivity (Wildman–Crippen MR) is 80.4 cm³/mol. The molecule has 6 heteroatoms. The predicted octanol–water partition coefficient (Wildman–Crippen LogP) is 2.73. The third kappa shape index (κ3) is 4.62. The van der Waals surface area contributed by atoms with Crippen LogP contribution < -0.4 is 4.74 Å². The van der Waals surface area contributed by atoms with E-state index in [1.165, 1.54) is 0 Å². The Hall–Kier alpha value is -2.29. The first-order valence-corrected chi connectivity index (χ1v) is 7.38. The van der Waals surface area contributed by atoms with E-state index in [9.17, 15) is 4.79 Å². The van der Waals surface area contributed by atoms with Crippen LogP contribution in [0.5, 0.6) is 5.88 Å². The number of hydrogen-bond donors (Lipinski definition) is 0. The van der Waals surface area contributed by atoms with Crippen LogP contribution in [0.1, 0.15) is 39.2 Å². The number of piperidine rings is 1. The van der Waals surface area contributed by atoms with E-state index in [0.717, 1.165) is 12.8 Å². The molecule has 0 saturated carbocycles. The first-order chi connectivity index (χ1) is 10.4. The summed E-state index contributed by atoms with van der Waals surface area (Å²) in [7, 11) is 0. The van der Waals surface area contributed by atoms with E-state index in [0.29, 0.717) is 24.5 Å². The molecule has 2 rings (SSSR count). The quantitative estimate of drug-likeness (QED) is 0.839. The lowest BCUT2D eigenvalue weighted by Crippen LogP contribution is -2.44. The molecule has 0 aromatic carbocycles. The van der Waals surface area contributed by atoms with Crippen molar-refractivity contribution in [1.82, 2.24) is 9.88 Å². The van der Waals surface area contributed by atoms with Crippen LogP contribution >= 0.6 is 0 Å². The van der Waals surface area contributed by atoms with Crippen molar-refractivity contribution in [2.75, 3.05) is 13.1 Å². The Kier molecular flexibility index (Phi) is 4.86. The van der Waals surface area contributed by atoms with Crippen molar-refractivity contribution in [3.63, 3.8) is 0 Å². The zero-order valence-corrected chi connectivity index (χ0v) is 13.2. The van der Waals surface area contributed by atoms with E-state index >= 15 is 0 Å². The van der Waals surface area contributed by atoms with Crippen LogP contribution in [0.25, 0.3) is 0 Å². The van der Waals surface area contributed by atoms with Crippen LogP contribution in [0, 0.1) is 11.3 Å². The summed E-state index contributed by atoms with van der Waals surface area (Å²) in [5.74, 6) is 0.453. The van der Waals surface area contributed by atoms with Gasteiger partial charge in [-0.25, -0.2) is 9.78 Å². The molecule has 1 aromatic heterocycles. The number of likely N-dealkylation sites (tertiary alicyclic amines) is 1. The fourth-order valence-corrected chi connectivity index (χ4v) is 2.20. The van der Waals surface area contributed by atoms with E-state index in [1.807, 2.05) is 20.8 Å². The first kappa shape index (κ1) is 16.1. The van der Waals surface area contributed by atoms with E-state index in [4.69, 9.17) is 14.7 Å². The summed E-state index contributed by atoms with van der Waals surface area (Å²) in [5.41, 5.74) is 0.0442. The summed E-state index contributed by atoms with van der Waals surface area (Å²) in [6.07, 6.45) is 2.72. The molecule has 0 aliphatic carbocycles. The Morgan fingerprint density at radius 3 is 2.68 bits per heavy atom. The average molecular weight is 303 g/mol. The molecular formula is C16H21N3O3. The summed E-state index contributed by atoms with van der Waals surface area (Å²) >= 11 is 0. The third-order valence-corrected chi connectivity index (χ3v) is 3.25. The molecular weight excluding hydrogens is 282 g/mol. The number of carbonyl (C=O) groups is 1. The SMILES string of the molecule is CC(C)(C)OC(=O)N1CCC(Oc2cc(C#N)ccn2)CC1. The Bertz CT molecular complexity index is 567. The molecule has 0 N–H and O–H groups in total. The molecule has 22 heavy (non-hydrogen) atoms. The molecule has 1 aliphatic rings. The van der Waals surface area contributed by atoms with Crippen LogP contribution in [-0.2, 0) is 4.74 Å². The van der Waals surface area contributed by atoms with Gasteiger partial charge in [0.05, 0.1) is 11.6 Å². The van der Waals surface area contributed by atoms with Crippen molar-refractivity contribution in [1.29, 1.82) is 5.26 Å². The summed E-state index contributed by atoms with van der Waals surface area (Å²) in [4.78, 5) is 17.8. The highest BCUT2D eigenvalue weighted by molar-refractivity contribution is 5.68. The fourth-order valence-electron chi connectivity index (χ4n) is 2.20. The van der Waals surface area contributed by atoms with Gasteiger partial charge in [0, 0.05) is 38.2 Å². The molecule has 0 spiro atoms. The average Bonchev–Trinajstić information content (AvgIpc) is 2.46. The second-order valence-electron chi connectivity index (χ2n) is 6.28. The smallest absolute Gasteiger partial charge is 0.410 e. The normalized spacial score (nSPS) is 16.0. The summed E-state index contributed by atoms with van der Waals surface area (Å²) < 4.78 is 11.1. The molecule has 0 unspecified atom stereocenters. The molecule has 1 aromatic rings. The molecule has 6 nitrogen and oxygen atoms in total. The highest BCUT2D eigenvalue weighted by Crippen LogP contribution is 2.19. The molecule has 0 radical (unpaired) electrons. The molecule has 0 bridgehead atoms. The maximum atomic E-state index is 12.0. The number of aromatic nitrogens is 1. The van der Waals surface area contributed by atoms with Crippen LogP contribution in [0.15, 0.2) is 18.3 Å². The summed E-state index contributed by atoms with van der Waals surface area (Å²) in [5, 5.41) is 8.87. The van der Waals surface area contributed by atoms with E-state index < -0.39 is 5.60 Å². The maximum absolute atomic E-state index is 12.0. The minimum atomic E-state index is -0.480. The first-order valence-electron chi connectivity index (χ1n) is 7.38. The molecule has 1 amide bonds. The zero-order chi connectivity index (χ0) is 16.2. The van der Waals surface area contributed by atoms with Gasteiger partial charge in [0.15, 0.2) is 0 Å². The minimum absolute atomic E-state index is 0.000120. The lowest BCUT2D eigenvalue weighted by Gasteiger charge is -2.33. The number of amides is 1. The molecule has 2 heterocycles. The number of nitriles is 1. The van der Waals surface area contributed by atoms with Gasteiger partial charge in [-0.1, -0.05) is 0 Å². The van der Waals surface area contributed by atoms with Gasteiger partial charge in [0.1, 0.15) is 11.7 Å². The standard InChI is InChI=1S/C16H21N3O3/c1-16(2,3)22-15(20)19-8-5-13(6-9-19)21-14-10-12(11-17)4-7-18-14/h4,7,10,13H,5-6,8-9H2,1-3H3. The van der Waals surface area contributed by atoms with Crippen LogP contribution in [0.2, 0.25) is 0 Å². The van der Waals surface area contributed by atoms with Crippen molar-refractivity contribution in [3.05, 3.63) is 23.9 Å². The monoisotopic (exact) mass is 303 g/mol. The van der Waals surface area contributed by atoms with Crippen molar-refractivity contribution in [3.8, 4) is 11.9 Å². The Balaban J connectivity index is 1.84. The number of carbonyl (C=O) groups excluding carboxylic acids is 1. The highest BCUT2D eigenvalue weighted by Gasteiger charge is 2.27. The lowest BCUT2D eigenvalue weighted by molar-refractivity contribution is 0.0123. The van der Waals surface area contributed by atoms with Crippen LogP contribution in [0.4, 0.5) is 4.79 Å². The Morgan fingerprint density at radius 1 is 1.41 bits per heavy atom. The Labute approximate surface area is 130 Å². The largest absolute Gasteiger partial charge is 0.474 e. The third-order valence-electron chi connectivity index (χ3n) is 3.25. The van der Waals surface area contributed by atoms with Crippen LogP contribution in [0.3, 0.4) is 0 Å². The lowest BCUT2D eigenvalue weighted by atomic mass is 10.1. The molecule has 118 valence electrons. The molecule has 1 fully saturated rings. The number of rotatable bonds is 2. The van der Waals surface area contributed by atoms with E-state index in [2.05, 4.69) is 11.1 Å². The van der Waals surface area contributed by atoms with Gasteiger partial charge in [0.2, 0.25) is 5.88 Å².